The highest BCUT2D eigenvalue weighted by molar-refractivity contribution is 5.50. The van der Waals surface area contributed by atoms with Crippen molar-refractivity contribution in [3.05, 3.63) is 41.8 Å². The maximum atomic E-state index is 5.57. The number of aryl methyl sites for hydroxylation is 1. The van der Waals surface area contributed by atoms with Gasteiger partial charge in [-0.3, -0.25) is 0 Å². The zero-order chi connectivity index (χ0) is 14.7. The molecule has 1 saturated heterocycles. The van der Waals surface area contributed by atoms with Gasteiger partial charge in [-0.1, -0.05) is 12.1 Å². The Bertz CT molecular complexity index is 587. The first-order chi connectivity index (χ1) is 10.3. The smallest absolute Gasteiger partial charge is 0.297 e. The zero-order valence-corrected chi connectivity index (χ0v) is 12.7. The molecular weight excluding hydrogens is 264 g/mol. The summed E-state index contributed by atoms with van der Waals surface area (Å²) in [5, 5.41) is 3.08. The summed E-state index contributed by atoms with van der Waals surface area (Å²) in [6, 6.07) is 9.42. The molecule has 1 aliphatic heterocycles. The molecule has 1 aromatic carbocycles. The third-order valence-electron chi connectivity index (χ3n) is 3.81. The van der Waals surface area contributed by atoms with Crippen LogP contribution in [0.5, 0.6) is 0 Å². The molecule has 0 unspecified atom stereocenters. The van der Waals surface area contributed by atoms with E-state index in [1.807, 2.05) is 7.05 Å². The Labute approximate surface area is 125 Å². The fourth-order valence-corrected chi connectivity index (χ4v) is 2.68. The monoisotopic (exact) mass is 286 g/mol. The molecule has 5 heteroatoms. The highest BCUT2D eigenvalue weighted by Crippen LogP contribution is 2.21. The summed E-state index contributed by atoms with van der Waals surface area (Å²) in [6.45, 7) is 6.74. The van der Waals surface area contributed by atoms with Gasteiger partial charge in [0.2, 0.25) is 0 Å². The van der Waals surface area contributed by atoms with Crippen LogP contribution in [0.2, 0.25) is 0 Å². The van der Waals surface area contributed by atoms with Crippen molar-refractivity contribution in [1.82, 2.24) is 10.3 Å². The summed E-state index contributed by atoms with van der Waals surface area (Å²) in [6.07, 6.45) is 1.73. The molecule has 1 fully saturated rings. The number of nitrogens with one attached hydrogen (secondary N) is 1. The van der Waals surface area contributed by atoms with Crippen LogP contribution in [0.15, 0.2) is 34.9 Å². The van der Waals surface area contributed by atoms with Crippen LogP contribution in [0.1, 0.15) is 11.3 Å². The summed E-state index contributed by atoms with van der Waals surface area (Å²) in [7, 11) is 1.91. The van der Waals surface area contributed by atoms with Crippen LogP contribution in [0, 0.1) is 6.92 Å². The lowest BCUT2D eigenvalue weighted by atomic mass is 10.2. The van der Waals surface area contributed by atoms with Gasteiger partial charge >= 0.3 is 0 Å². The molecule has 1 aliphatic rings. The van der Waals surface area contributed by atoms with Crippen molar-refractivity contribution in [2.75, 3.05) is 43.0 Å². The predicted octanol–water partition coefficient (Wildman–Crippen LogP) is 2.03. The predicted molar refractivity (Wildman–Crippen MR) is 84.9 cm³/mol. The molecule has 1 aromatic heterocycles. The minimum Gasteiger partial charge on any atom is -0.432 e. The summed E-state index contributed by atoms with van der Waals surface area (Å²) in [4.78, 5) is 9.15. The van der Waals surface area contributed by atoms with Gasteiger partial charge in [-0.2, -0.15) is 4.98 Å². The van der Waals surface area contributed by atoms with Crippen LogP contribution in [0.3, 0.4) is 0 Å². The van der Waals surface area contributed by atoms with Gasteiger partial charge in [-0.25, -0.2) is 0 Å². The van der Waals surface area contributed by atoms with Gasteiger partial charge in [-0.05, 0) is 31.7 Å². The fraction of sp³-hybridized carbons (Fsp3) is 0.438. The zero-order valence-electron chi connectivity index (χ0n) is 12.7. The van der Waals surface area contributed by atoms with Crippen LogP contribution in [-0.4, -0.2) is 38.2 Å². The van der Waals surface area contributed by atoms with E-state index in [4.69, 9.17) is 4.42 Å². The highest BCUT2D eigenvalue weighted by atomic mass is 16.4. The summed E-state index contributed by atoms with van der Waals surface area (Å²) in [5.74, 6) is 0. The van der Waals surface area contributed by atoms with Crippen LogP contribution < -0.4 is 15.1 Å². The molecule has 0 saturated carbocycles. The van der Waals surface area contributed by atoms with Crippen molar-refractivity contribution in [2.45, 2.75) is 13.5 Å². The first-order valence-electron chi connectivity index (χ1n) is 7.42. The number of oxazole rings is 1. The minimum atomic E-state index is 0.740. The van der Waals surface area contributed by atoms with Crippen molar-refractivity contribution in [1.29, 1.82) is 0 Å². The highest BCUT2D eigenvalue weighted by Gasteiger charge is 2.20. The van der Waals surface area contributed by atoms with E-state index >= 15 is 0 Å². The molecule has 112 valence electrons. The second-order valence-corrected chi connectivity index (χ2v) is 5.46. The van der Waals surface area contributed by atoms with Crippen LogP contribution in [0.4, 0.5) is 11.7 Å². The van der Waals surface area contributed by atoms with Gasteiger partial charge in [0, 0.05) is 38.4 Å². The standard InChI is InChI=1S/C16H22N4O/c1-13-4-3-5-15(10-13)19-6-8-20(9-7-19)16-18-14(11-17-2)12-21-16/h3-5,10,12,17H,6-9,11H2,1-2H3. The average molecular weight is 286 g/mol. The van der Waals surface area contributed by atoms with E-state index in [0.717, 1.165) is 44.4 Å². The summed E-state index contributed by atoms with van der Waals surface area (Å²) in [5.41, 5.74) is 3.56. The maximum absolute atomic E-state index is 5.57. The first-order valence-corrected chi connectivity index (χ1v) is 7.42. The van der Waals surface area contributed by atoms with Gasteiger partial charge in [0.25, 0.3) is 6.01 Å². The molecule has 0 bridgehead atoms. The van der Waals surface area contributed by atoms with Crippen molar-refractivity contribution >= 4 is 11.7 Å². The van der Waals surface area contributed by atoms with Gasteiger partial charge in [0.1, 0.15) is 6.26 Å². The molecule has 3 rings (SSSR count). The molecule has 0 spiro atoms. The quantitative estimate of drug-likeness (QED) is 0.931. The van der Waals surface area contributed by atoms with E-state index in [1.54, 1.807) is 6.26 Å². The maximum Gasteiger partial charge on any atom is 0.297 e. The lowest BCUT2D eigenvalue weighted by Crippen LogP contribution is -2.46. The molecule has 21 heavy (non-hydrogen) atoms. The number of rotatable bonds is 4. The Morgan fingerprint density at radius 2 is 1.95 bits per heavy atom. The summed E-state index contributed by atoms with van der Waals surface area (Å²) < 4.78 is 5.57. The van der Waals surface area contributed by atoms with Crippen molar-refractivity contribution in [3.8, 4) is 0 Å². The lowest BCUT2D eigenvalue weighted by Gasteiger charge is -2.35. The number of benzene rings is 1. The number of piperazine rings is 1. The third-order valence-corrected chi connectivity index (χ3v) is 3.81. The Balaban J connectivity index is 1.61. The number of hydrogen-bond acceptors (Lipinski definition) is 5. The Morgan fingerprint density at radius 3 is 2.67 bits per heavy atom. The normalized spacial score (nSPS) is 15.5. The van der Waals surface area contributed by atoms with E-state index < -0.39 is 0 Å². The number of anilines is 2. The van der Waals surface area contributed by atoms with Crippen molar-refractivity contribution in [2.24, 2.45) is 0 Å². The molecule has 0 radical (unpaired) electrons. The van der Waals surface area contributed by atoms with Gasteiger partial charge in [0.15, 0.2) is 0 Å². The van der Waals surface area contributed by atoms with Gasteiger partial charge in [0.05, 0.1) is 5.69 Å². The van der Waals surface area contributed by atoms with Crippen LogP contribution in [0.25, 0.3) is 0 Å². The Hall–Kier alpha value is -2.01. The Kier molecular flexibility index (Phi) is 4.10. The van der Waals surface area contributed by atoms with Crippen molar-refractivity contribution < 1.29 is 4.42 Å². The summed E-state index contributed by atoms with van der Waals surface area (Å²) >= 11 is 0. The van der Waals surface area contributed by atoms with Crippen molar-refractivity contribution in [3.63, 3.8) is 0 Å². The minimum absolute atomic E-state index is 0.740. The molecular formula is C16H22N4O. The Morgan fingerprint density at radius 1 is 1.19 bits per heavy atom. The van der Waals surface area contributed by atoms with E-state index in [0.29, 0.717) is 0 Å². The SMILES string of the molecule is CNCc1coc(N2CCN(c3cccc(C)c3)CC2)n1. The van der Waals surface area contributed by atoms with E-state index in [-0.39, 0.29) is 0 Å². The molecule has 5 nitrogen and oxygen atoms in total. The molecule has 2 heterocycles. The molecule has 2 aromatic rings. The lowest BCUT2D eigenvalue weighted by molar-refractivity contribution is 0.515. The number of hydrogen-bond donors (Lipinski definition) is 1. The van der Waals surface area contributed by atoms with Gasteiger partial charge < -0.3 is 19.5 Å². The molecule has 0 aliphatic carbocycles. The van der Waals surface area contributed by atoms with Gasteiger partial charge in [-0.15, -0.1) is 0 Å². The van der Waals surface area contributed by atoms with E-state index in [1.165, 1.54) is 11.3 Å². The number of aromatic nitrogens is 1. The van der Waals surface area contributed by atoms with Crippen LogP contribution >= 0.6 is 0 Å². The third kappa shape index (κ3) is 3.19. The molecule has 0 amide bonds. The van der Waals surface area contributed by atoms with E-state index in [9.17, 15) is 0 Å². The largest absolute Gasteiger partial charge is 0.432 e. The fourth-order valence-electron chi connectivity index (χ4n) is 2.68. The second-order valence-electron chi connectivity index (χ2n) is 5.46. The topological polar surface area (TPSA) is 44.5 Å². The average Bonchev–Trinajstić information content (AvgIpc) is 2.97. The van der Waals surface area contributed by atoms with E-state index in [2.05, 4.69) is 51.3 Å². The van der Waals surface area contributed by atoms with Crippen LogP contribution in [-0.2, 0) is 6.54 Å². The molecule has 0 atom stereocenters. The number of nitrogens with zero attached hydrogens (tertiary/aromatic N) is 3. The second kappa shape index (κ2) is 6.18. The molecule has 1 N–H and O–H groups in total. The first kappa shape index (κ1) is 13.9.